The molecule has 0 amide bonds. The van der Waals surface area contributed by atoms with Crippen molar-refractivity contribution in [3.05, 3.63) is 70.2 Å². The maximum absolute atomic E-state index is 8.93. The first-order valence-corrected chi connectivity index (χ1v) is 7.02. The molecule has 0 aromatic heterocycles. The zero-order valence-electron chi connectivity index (χ0n) is 11.2. The van der Waals surface area contributed by atoms with Crippen molar-refractivity contribution in [2.24, 2.45) is 11.7 Å². The van der Waals surface area contributed by atoms with Crippen LogP contribution < -0.4 is 5.73 Å². The van der Waals surface area contributed by atoms with E-state index in [1.54, 1.807) is 0 Å². The van der Waals surface area contributed by atoms with E-state index in [1.807, 2.05) is 48.5 Å². The van der Waals surface area contributed by atoms with Crippen LogP contribution in [0.5, 0.6) is 0 Å². The highest BCUT2D eigenvalue weighted by Crippen LogP contribution is 2.17. The second-order valence-electron chi connectivity index (χ2n) is 4.95. The summed E-state index contributed by atoms with van der Waals surface area (Å²) in [5.74, 6) is 0.366. The van der Waals surface area contributed by atoms with Crippen LogP contribution >= 0.6 is 11.6 Å². The van der Waals surface area contributed by atoms with Crippen LogP contribution in [0.15, 0.2) is 48.5 Å². The fraction of sp³-hybridized carbons (Fsp3) is 0.235. The third-order valence-corrected chi connectivity index (χ3v) is 3.60. The Labute approximate surface area is 124 Å². The SMILES string of the molecule is N#Cc1cccc(CC(CN)Cc2ccc(Cl)cc2)c1. The minimum atomic E-state index is 0.366. The summed E-state index contributed by atoms with van der Waals surface area (Å²) in [5.41, 5.74) is 8.97. The van der Waals surface area contributed by atoms with E-state index >= 15 is 0 Å². The van der Waals surface area contributed by atoms with Gasteiger partial charge < -0.3 is 5.73 Å². The maximum Gasteiger partial charge on any atom is 0.0991 e. The van der Waals surface area contributed by atoms with Crippen molar-refractivity contribution in [2.75, 3.05) is 6.54 Å². The smallest absolute Gasteiger partial charge is 0.0991 e. The Balaban J connectivity index is 2.05. The molecule has 2 aromatic rings. The average molecular weight is 285 g/mol. The van der Waals surface area contributed by atoms with Gasteiger partial charge in [0.2, 0.25) is 0 Å². The van der Waals surface area contributed by atoms with Crippen molar-refractivity contribution in [3.63, 3.8) is 0 Å². The molecule has 0 spiro atoms. The molecule has 2 nitrogen and oxygen atoms in total. The second kappa shape index (κ2) is 7.09. The molecular weight excluding hydrogens is 268 g/mol. The van der Waals surface area contributed by atoms with Gasteiger partial charge in [-0.1, -0.05) is 35.9 Å². The summed E-state index contributed by atoms with van der Waals surface area (Å²) in [5, 5.41) is 9.68. The van der Waals surface area contributed by atoms with Crippen molar-refractivity contribution in [2.45, 2.75) is 12.8 Å². The highest BCUT2D eigenvalue weighted by molar-refractivity contribution is 6.30. The van der Waals surface area contributed by atoms with Crippen LogP contribution in [0.25, 0.3) is 0 Å². The van der Waals surface area contributed by atoms with Gasteiger partial charge in [-0.2, -0.15) is 5.26 Å². The normalized spacial score (nSPS) is 11.8. The molecule has 2 N–H and O–H groups in total. The van der Waals surface area contributed by atoms with Crippen LogP contribution in [0.4, 0.5) is 0 Å². The Bertz CT molecular complexity index is 599. The third-order valence-electron chi connectivity index (χ3n) is 3.35. The average Bonchev–Trinajstić information content (AvgIpc) is 2.49. The van der Waals surface area contributed by atoms with Crippen LogP contribution in [0.3, 0.4) is 0 Å². The van der Waals surface area contributed by atoms with Crippen molar-refractivity contribution in [3.8, 4) is 6.07 Å². The van der Waals surface area contributed by atoms with Crippen LogP contribution in [0, 0.1) is 17.2 Å². The van der Waals surface area contributed by atoms with Crippen LogP contribution in [0.1, 0.15) is 16.7 Å². The topological polar surface area (TPSA) is 49.8 Å². The summed E-state index contributed by atoms with van der Waals surface area (Å²) >= 11 is 5.89. The molecular formula is C17H17ClN2. The van der Waals surface area contributed by atoms with Gasteiger partial charge in [0.15, 0.2) is 0 Å². The predicted molar refractivity (Wildman–Crippen MR) is 82.6 cm³/mol. The lowest BCUT2D eigenvalue weighted by molar-refractivity contribution is 0.533. The first kappa shape index (κ1) is 14.6. The van der Waals surface area contributed by atoms with Crippen molar-refractivity contribution in [1.29, 1.82) is 5.26 Å². The number of hydrogen-bond acceptors (Lipinski definition) is 2. The molecule has 0 saturated heterocycles. The lowest BCUT2D eigenvalue weighted by Crippen LogP contribution is -2.19. The summed E-state index contributed by atoms with van der Waals surface area (Å²) in [6.45, 7) is 0.624. The van der Waals surface area contributed by atoms with Crippen LogP contribution in [-0.2, 0) is 12.8 Å². The molecule has 0 saturated carbocycles. The molecule has 0 aliphatic carbocycles. The van der Waals surface area contributed by atoms with Gasteiger partial charge in [0.05, 0.1) is 11.6 Å². The van der Waals surface area contributed by atoms with Crippen molar-refractivity contribution < 1.29 is 0 Å². The Kier molecular flexibility index (Phi) is 5.17. The van der Waals surface area contributed by atoms with E-state index < -0.39 is 0 Å². The largest absolute Gasteiger partial charge is 0.330 e. The lowest BCUT2D eigenvalue weighted by Gasteiger charge is -2.15. The molecule has 102 valence electrons. The molecule has 2 aromatic carbocycles. The van der Waals surface area contributed by atoms with E-state index in [2.05, 4.69) is 6.07 Å². The number of nitriles is 1. The van der Waals surface area contributed by atoms with E-state index in [0.717, 1.165) is 23.4 Å². The zero-order chi connectivity index (χ0) is 14.4. The Morgan fingerprint density at radius 2 is 1.75 bits per heavy atom. The van der Waals surface area contributed by atoms with Gasteiger partial charge in [0.1, 0.15) is 0 Å². The molecule has 3 heteroatoms. The Morgan fingerprint density at radius 3 is 2.40 bits per heavy atom. The summed E-state index contributed by atoms with van der Waals surface area (Å²) in [6.07, 6.45) is 1.80. The minimum Gasteiger partial charge on any atom is -0.330 e. The standard InChI is InChI=1S/C17H17ClN2/c18-17-6-4-13(5-7-17)8-16(12-20)10-14-2-1-3-15(9-14)11-19/h1-7,9,16H,8,10,12,20H2. The maximum atomic E-state index is 8.93. The molecule has 0 aliphatic rings. The summed E-state index contributed by atoms with van der Waals surface area (Å²) in [7, 11) is 0. The van der Waals surface area contributed by atoms with Gasteiger partial charge in [-0.15, -0.1) is 0 Å². The molecule has 2 rings (SSSR count). The minimum absolute atomic E-state index is 0.366. The van der Waals surface area contributed by atoms with E-state index in [1.165, 1.54) is 5.56 Å². The van der Waals surface area contributed by atoms with Crippen LogP contribution in [-0.4, -0.2) is 6.54 Å². The molecule has 0 bridgehead atoms. The fourth-order valence-corrected chi connectivity index (χ4v) is 2.42. The molecule has 1 atom stereocenters. The van der Waals surface area contributed by atoms with E-state index in [0.29, 0.717) is 18.0 Å². The molecule has 20 heavy (non-hydrogen) atoms. The highest BCUT2D eigenvalue weighted by Gasteiger charge is 2.09. The van der Waals surface area contributed by atoms with E-state index in [4.69, 9.17) is 22.6 Å². The Morgan fingerprint density at radius 1 is 1.05 bits per heavy atom. The monoisotopic (exact) mass is 284 g/mol. The molecule has 0 aliphatic heterocycles. The Hall–Kier alpha value is -1.82. The lowest BCUT2D eigenvalue weighted by atomic mass is 9.92. The summed E-state index contributed by atoms with van der Waals surface area (Å²) < 4.78 is 0. The molecule has 1 unspecified atom stereocenters. The molecule has 0 heterocycles. The number of nitrogens with two attached hydrogens (primary N) is 1. The zero-order valence-corrected chi connectivity index (χ0v) is 12.0. The van der Waals surface area contributed by atoms with Gasteiger partial charge >= 0.3 is 0 Å². The number of benzene rings is 2. The molecule has 0 radical (unpaired) electrons. The number of nitrogens with zero attached hydrogens (tertiary/aromatic N) is 1. The van der Waals surface area contributed by atoms with Crippen molar-refractivity contribution >= 4 is 11.6 Å². The van der Waals surface area contributed by atoms with Gasteiger partial charge in [-0.05, 0) is 60.7 Å². The summed E-state index contributed by atoms with van der Waals surface area (Å²) in [6, 6.07) is 17.8. The fourth-order valence-electron chi connectivity index (χ4n) is 2.29. The van der Waals surface area contributed by atoms with Gasteiger partial charge in [0, 0.05) is 5.02 Å². The third kappa shape index (κ3) is 4.09. The quantitative estimate of drug-likeness (QED) is 0.912. The second-order valence-corrected chi connectivity index (χ2v) is 5.39. The number of hydrogen-bond donors (Lipinski definition) is 1. The van der Waals surface area contributed by atoms with E-state index in [9.17, 15) is 0 Å². The number of rotatable bonds is 5. The first-order chi connectivity index (χ1) is 9.71. The summed E-state index contributed by atoms with van der Waals surface area (Å²) in [4.78, 5) is 0. The number of halogens is 1. The highest BCUT2D eigenvalue weighted by atomic mass is 35.5. The van der Waals surface area contributed by atoms with Crippen LogP contribution in [0.2, 0.25) is 5.02 Å². The van der Waals surface area contributed by atoms with Crippen molar-refractivity contribution in [1.82, 2.24) is 0 Å². The van der Waals surface area contributed by atoms with Gasteiger partial charge in [0.25, 0.3) is 0 Å². The first-order valence-electron chi connectivity index (χ1n) is 6.65. The van der Waals surface area contributed by atoms with Gasteiger partial charge in [-0.3, -0.25) is 0 Å². The van der Waals surface area contributed by atoms with E-state index in [-0.39, 0.29) is 0 Å². The molecule has 0 fully saturated rings. The predicted octanol–water partition coefficient (Wildman–Crippen LogP) is 3.57. The van der Waals surface area contributed by atoms with Gasteiger partial charge in [-0.25, -0.2) is 0 Å².